The molecule has 0 aliphatic carbocycles. The van der Waals surface area contributed by atoms with Gasteiger partial charge in [0.15, 0.2) is 0 Å². The van der Waals surface area contributed by atoms with Crippen LogP contribution in [0.4, 0.5) is 18.9 Å². The lowest BCUT2D eigenvalue weighted by molar-refractivity contribution is -0.136. The molecule has 0 radical (unpaired) electrons. The monoisotopic (exact) mass is 312 g/mol. The Morgan fingerprint density at radius 1 is 1.36 bits per heavy atom. The second-order valence-corrected chi connectivity index (χ2v) is 3.00. The zero-order chi connectivity index (χ0) is 10.8. The van der Waals surface area contributed by atoms with E-state index in [-0.39, 0.29) is 11.3 Å². The number of halogens is 4. The smallest absolute Gasteiger partial charge is 0.328 e. The Bertz CT molecular complexity index is 381. The average Bonchev–Trinajstić information content (AvgIpc) is 2.15. The predicted octanol–water partition coefficient (Wildman–Crippen LogP) is 3.34. The topological polar surface area (TPSA) is 35.8 Å². The number of nitrogens with one attached hydrogen (secondary N) is 1. The minimum Gasteiger partial charge on any atom is -0.328 e. The molecule has 0 aliphatic rings. The van der Waals surface area contributed by atoms with Gasteiger partial charge in [0.1, 0.15) is 0 Å². The van der Waals surface area contributed by atoms with Gasteiger partial charge in [0.05, 0.1) is 45.7 Å². The fourth-order valence-corrected chi connectivity index (χ4v) is 1.40. The summed E-state index contributed by atoms with van der Waals surface area (Å²) in [6, 6.07) is 5.04. The summed E-state index contributed by atoms with van der Waals surface area (Å²) in [5, 5.41) is 8.45. The summed E-state index contributed by atoms with van der Waals surface area (Å²) in [7, 11) is 0. The predicted molar refractivity (Wildman–Crippen MR) is 53.8 cm³/mol. The van der Waals surface area contributed by atoms with Crippen molar-refractivity contribution in [1.82, 2.24) is 0 Å². The van der Waals surface area contributed by atoms with Crippen LogP contribution in [0.25, 0.3) is 0 Å². The number of alkyl halides is 3. The molecule has 0 aromatic heterocycles. The molecule has 0 saturated carbocycles. The molecule has 1 aromatic rings. The van der Waals surface area contributed by atoms with E-state index < -0.39 is 11.7 Å². The SMILES string of the molecule is N#Cc1ccc(NI)c(C(F)(F)F)c1. The molecule has 0 amide bonds. The first-order chi connectivity index (χ1) is 6.49. The number of hydrogen-bond acceptors (Lipinski definition) is 2. The van der Waals surface area contributed by atoms with Crippen LogP contribution >= 0.6 is 22.9 Å². The minimum atomic E-state index is -4.44. The Hall–Kier alpha value is -0.970. The number of anilines is 1. The second kappa shape index (κ2) is 4.04. The summed E-state index contributed by atoms with van der Waals surface area (Å²) < 4.78 is 39.6. The molecule has 0 atom stereocenters. The van der Waals surface area contributed by atoms with Crippen LogP contribution in [0.3, 0.4) is 0 Å². The van der Waals surface area contributed by atoms with Gasteiger partial charge in [-0.2, -0.15) is 18.4 Å². The van der Waals surface area contributed by atoms with Crippen molar-refractivity contribution in [3.8, 4) is 6.07 Å². The lowest BCUT2D eigenvalue weighted by Gasteiger charge is -2.11. The Morgan fingerprint density at radius 3 is 2.43 bits per heavy atom. The molecule has 0 spiro atoms. The summed E-state index contributed by atoms with van der Waals surface area (Å²) in [6.45, 7) is 0. The summed E-state index contributed by atoms with van der Waals surface area (Å²) in [4.78, 5) is 0. The van der Waals surface area contributed by atoms with Crippen LogP contribution in [0.2, 0.25) is 0 Å². The first-order valence-corrected chi connectivity index (χ1v) is 4.55. The molecule has 2 nitrogen and oxygen atoms in total. The van der Waals surface area contributed by atoms with Crippen molar-refractivity contribution < 1.29 is 13.2 Å². The Morgan fingerprint density at radius 2 is 2.00 bits per heavy atom. The summed E-state index contributed by atoms with van der Waals surface area (Å²) in [5.41, 5.74) is -0.879. The van der Waals surface area contributed by atoms with Gasteiger partial charge in [0.2, 0.25) is 0 Å². The molecular weight excluding hydrogens is 308 g/mol. The molecule has 1 N–H and O–H groups in total. The van der Waals surface area contributed by atoms with Crippen molar-refractivity contribution in [3.63, 3.8) is 0 Å². The van der Waals surface area contributed by atoms with E-state index >= 15 is 0 Å². The van der Waals surface area contributed by atoms with Gasteiger partial charge in [-0.25, -0.2) is 0 Å². The molecule has 6 heteroatoms. The van der Waals surface area contributed by atoms with E-state index in [0.29, 0.717) is 0 Å². The Balaban J connectivity index is 3.31. The van der Waals surface area contributed by atoms with Crippen molar-refractivity contribution in [1.29, 1.82) is 5.26 Å². The molecule has 14 heavy (non-hydrogen) atoms. The van der Waals surface area contributed by atoms with Crippen LogP contribution < -0.4 is 3.53 Å². The van der Waals surface area contributed by atoms with E-state index in [2.05, 4.69) is 3.53 Å². The fourth-order valence-electron chi connectivity index (χ4n) is 0.931. The first-order valence-electron chi connectivity index (χ1n) is 3.47. The van der Waals surface area contributed by atoms with E-state index in [1.54, 1.807) is 28.9 Å². The third-order valence-electron chi connectivity index (χ3n) is 1.56. The lowest BCUT2D eigenvalue weighted by atomic mass is 10.1. The normalized spacial score (nSPS) is 10.8. The molecule has 0 saturated heterocycles. The lowest BCUT2D eigenvalue weighted by Crippen LogP contribution is -2.07. The van der Waals surface area contributed by atoms with Gasteiger partial charge in [0, 0.05) is 0 Å². The van der Waals surface area contributed by atoms with Crippen molar-refractivity contribution >= 4 is 28.6 Å². The van der Waals surface area contributed by atoms with Crippen molar-refractivity contribution in [2.45, 2.75) is 6.18 Å². The van der Waals surface area contributed by atoms with E-state index in [1.165, 1.54) is 12.1 Å². The van der Waals surface area contributed by atoms with Gasteiger partial charge in [-0.3, -0.25) is 0 Å². The maximum absolute atomic E-state index is 12.4. The standard InChI is InChI=1S/C8H4F3IN2/c9-8(10,11)6-3-5(4-13)1-2-7(6)14-12/h1-3,14H. The molecule has 74 valence electrons. The molecular formula is C8H4F3IN2. The average molecular weight is 312 g/mol. The molecule has 0 aliphatic heterocycles. The van der Waals surface area contributed by atoms with Gasteiger partial charge < -0.3 is 3.53 Å². The molecule has 0 fully saturated rings. The number of benzene rings is 1. The van der Waals surface area contributed by atoms with Gasteiger partial charge >= 0.3 is 6.18 Å². The summed E-state index contributed by atoms with van der Waals surface area (Å²) >= 11 is 1.61. The van der Waals surface area contributed by atoms with E-state index in [0.717, 1.165) is 6.07 Å². The highest BCUT2D eigenvalue weighted by atomic mass is 127. The number of nitrogens with zero attached hydrogens (tertiary/aromatic N) is 1. The second-order valence-electron chi connectivity index (χ2n) is 2.46. The molecule has 0 heterocycles. The third kappa shape index (κ3) is 2.29. The molecule has 1 rings (SSSR count). The highest BCUT2D eigenvalue weighted by Gasteiger charge is 2.33. The van der Waals surface area contributed by atoms with E-state index in [9.17, 15) is 13.2 Å². The van der Waals surface area contributed by atoms with Gasteiger partial charge in [-0.15, -0.1) is 0 Å². The van der Waals surface area contributed by atoms with Crippen LogP contribution in [-0.2, 0) is 6.18 Å². The van der Waals surface area contributed by atoms with E-state index in [4.69, 9.17) is 5.26 Å². The highest BCUT2D eigenvalue weighted by molar-refractivity contribution is 14.1. The number of nitriles is 1. The van der Waals surface area contributed by atoms with Crippen LogP contribution in [0.15, 0.2) is 18.2 Å². The van der Waals surface area contributed by atoms with Crippen LogP contribution in [0.5, 0.6) is 0 Å². The van der Waals surface area contributed by atoms with E-state index in [1.807, 2.05) is 0 Å². The zero-order valence-electron chi connectivity index (χ0n) is 6.69. The minimum absolute atomic E-state index is 0.00674. The highest BCUT2D eigenvalue weighted by Crippen LogP contribution is 2.35. The summed E-state index contributed by atoms with van der Waals surface area (Å²) in [6.07, 6.45) is -4.44. The molecule has 1 aromatic carbocycles. The van der Waals surface area contributed by atoms with Crippen LogP contribution in [0, 0.1) is 11.3 Å². The maximum Gasteiger partial charge on any atom is 0.418 e. The fraction of sp³-hybridized carbons (Fsp3) is 0.125. The quantitative estimate of drug-likeness (QED) is 0.638. The summed E-state index contributed by atoms with van der Waals surface area (Å²) in [5.74, 6) is 0. The number of hydrogen-bond donors (Lipinski definition) is 1. The zero-order valence-corrected chi connectivity index (χ0v) is 8.85. The Labute approximate surface area is 92.2 Å². The number of rotatable bonds is 1. The van der Waals surface area contributed by atoms with Crippen molar-refractivity contribution in [2.24, 2.45) is 0 Å². The van der Waals surface area contributed by atoms with Crippen molar-refractivity contribution in [2.75, 3.05) is 3.53 Å². The maximum atomic E-state index is 12.4. The van der Waals surface area contributed by atoms with Crippen LogP contribution in [-0.4, -0.2) is 0 Å². The van der Waals surface area contributed by atoms with Gasteiger partial charge in [-0.1, -0.05) is 0 Å². The third-order valence-corrected chi connectivity index (χ3v) is 2.14. The Kier molecular flexibility index (Phi) is 3.21. The van der Waals surface area contributed by atoms with Gasteiger partial charge in [-0.05, 0) is 18.2 Å². The van der Waals surface area contributed by atoms with Crippen LogP contribution in [0.1, 0.15) is 11.1 Å². The van der Waals surface area contributed by atoms with Crippen molar-refractivity contribution in [3.05, 3.63) is 29.3 Å². The largest absolute Gasteiger partial charge is 0.418 e. The molecule has 0 unspecified atom stereocenters. The molecule has 0 bridgehead atoms. The first kappa shape index (κ1) is 11.1. The van der Waals surface area contributed by atoms with Gasteiger partial charge in [0.25, 0.3) is 0 Å².